The van der Waals surface area contributed by atoms with E-state index in [0.29, 0.717) is 24.7 Å². The number of nitrogens with zero attached hydrogens (tertiary/aromatic N) is 2. The minimum Gasteiger partial charge on any atom is -0.380 e. The molecule has 0 radical (unpaired) electrons. The predicted octanol–water partition coefficient (Wildman–Crippen LogP) is 0.172. The first kappa shape index (κ1) is 23.9. The first-order valence-electron chi connectivity index (χ1n) is 12.5. The van der Waals surface area contributed by atoms with E-state index in [1.807, 2.05) is 0 Å². The molecule has 4 aliphatic rings. The zero-order valence-corrected chi connectivity index (χ0v) is 20.4. The second-order valence-electron chi connectivity index (χ2n) is 9.65. The zero-order valence-electron chi connectivity index (χ0n) is 20.4. The first-order chi connectivity index (χ1) is 15.5. The van der Waals surface area contributed by atoms with Gasteiger partial charge in [0.2, 0.25) is 0 Å². The summed E-state index contributed by atoms with van der Waals surface area (Å²) in [5, 5.41) is 21.3. The molecule has 0 aromatic rings. The second-order valence-corrected chi connectivity index (χ2v) is 9.65. The van der Waals surface area contributed by atoms with Crippen LogP contribution in [0.3, 0.4) is 0 Å². The average Bonchev–Trinajstić information content (AvgIpc) is 3.11. The van der Waals surface area contributed by atoms with Crippen molar-refractivity contribution in [3.8, 4) is 0 Å². The van der Waals surface area contributed by atoms with Crippen LogP contribution in [0.2, 0.25) is 0 Å². The standard InChI is InChI=1S/C23H44N8O/c1-6-18-20-21(31(29-18)11-12-32-7-2)22(26-19-10-8-9-15(3)25-19)28-23(27-20)30-13-16(4)24-17(5)14-30/h8-9,15-19,22-29H,6-7,10-14H2,1-5H3/t15?,16-,17+,18?,19?,22?,23?. The third-order valence-electron chi connectivity index (χ3n) is 6.77. The molecule has 182 valence electrons. The zero-order chi connectivity index (χ0) is 22.7. The number of hydrazine groups is 1. The number of rotatable bonds is 8. The normalized spacial score (nSPS) is 38.2. The monoisotopic (exact) mass is 448 g/mol. The fourth-order valence-corrected chi connectivity index (χ4v) is 5.42. The average molecular weight is 449 g/mol. The van der Waals surface area contributed by atoms with E-state index in [1.165, 1.54) is 11.4 Å². The Labute approximate surface area is 193 Å². The number of nitrogens with one attached hydrogen (secondary N) is 6. The summed E-state index contributed by atoms with van der Waals surface area (Å²) in [7, 11) is 0. The molecular weight excluding hydrogens is 404 g/mol. The smallest absolute Gasteiger partial charge is 0.136 e. The van der Waals surface area contributed by atoms with Crippen molar-refractivity contribution >= 4 is 0 Å². The number of hydrogen-bond donors (Lipinski definition) is 6. The molecule has 0 bridgehead atoms. The van der Waals surface area contributed by atoms with Gasteiger partial charge in [-0.05, 0) is 40.5 Å². The number of hydrogen-bond acceptors (Lipinski definition) is 9. The molecule has 32 heavy (non-hydrogen) atoms. The minimum atomic E-state index is 0.0404. The summed E-state index contributed by atoms with van der Waals surface area (Å²) in [4.78, 5) is 2.54. The Morgan fingerprint density at radius 1 is 1.09 bits per heavy atom. The highest BCUT2D eigenvalue weighted by Crippen LogP contribution is 2.27. The van der Waals surface area contributed by atoms with Crippen LogP contribution in [0.25, 0.3) is 0 Å². The molecule has 4 heterocycles. The van der Waals surface area contributed by atoms with Gasteiger partial charge in [-0.1, -0.05) is 19.1 Å². The Hall–Kier alpha value is -1.20. The summed E-state index contributed by atoms with van der Waals surface area (Å²) in [5.41, 5.74) is 6.31. The van der Waals surface area contributed by atoms with Crippen LogP contribution < -0.4 is 32.0 Å². The summed E-state index contributed by atoms with van der Waals surface area (Å²) in [5.74, 6) is 0. The van der Waals surface area contributed by atoms with E-state index in [9.17, 15) is 0 Å². The lowest BCUT2D eigenvalue weighted by Crippen LogP contribution is -2.70. The van der Waals surface area contributed by atoms with Crippen molar-refractivity contribution in [1.82, 2.24) is 41.9 Å². The molecule has 7 atom stereocenters. The van der Waals surface area contributed by atoms with E-state index in [-0.39, 0.29) is 24.7 Å². The Bertz CT molecular complexity index is 675. The predicted molar refractivity (Wildman–Crippen MR) is 128 cm³/mol. The lowest BCUT2D eigenvalue weighted by Gasteiger charge is -2.46. The Kier molecular flexibility index (Phi) is 8.09. The summed E-state index contributed by atoms with van der Waals surface area (Å²) < 4.78 is 5.68. The highest BCUT2D eigenvalue weighted by molar-refractivity contribution is 5.29. The molecule has 0 saturated carbocycles. The van der Waals surface area contributed by atoms with Crippen molar-refractivity contribution in [3.05, 3.63) is 23.5 Å². The van der Waals surface area contributed by atoms with Crippen LogP contribution in [0, 0.1) is 0 Å². The van der Waals surface area contributed by atoms with Gasteiger partial charge in [-0.3, -0.25) is 20.9 Å². The fourth-order valence-electron chi connectivity index (χ4n) is 5.42. The maximum absolute atomic E-state index is 5.68. The van der Waals surface area contributed by atoms with Crippen molar-refractivity contribution in [2.45, 2.75) is 90.2 Å². The molecule has 0 aliphatic carbocycles. The van der Waals surface area contributed by atoms with Crippen LogP contribution in [-0.2, 0) is 4.74 Å². The van der Waals surface area contributed by atoms with Crippen LogP contribution in [-0.4, -0.2) is 85.5 Å². The van der Waals surface area contributed by atoms with Crippen LogP contribution in [0.5, 0.6) is 0 Å². The van der Waals surface area contributed by atoms with E-state index in [1.54, 1.807) is 0 Å². The first-order valence-corrected chi connectivity index (χ1v) is 12.5. The lowest BCUT2D eigenvalue weighted by atomic mass is 10.1. The van der Waals surface area contributed by atoms with E-state index < -0.39 is 0 Å². The molecule has 6 N–H and O–H groups in total. The van der Waals surface area contributed by atoms with Gasteiger partial charge >= 0.3 is 0 Å². The highest BCUT2D eigenvalue weighted by Gasteiger charge is 2.42. The summed E-state index contributed by atoms with van der Waals surface area (Å²) in [6.45, 7) is 15.4. The SMILES string of the molecule is CCOCCN1NC(CC)C2=C1C(NC1CC=CC(C)N1)NC(N1C[C@@H](C)N[C@@H](C)C1)N2. The largest absolute Gasteiger partial charge is 0.380 e. The summed E-state index contributed by atoms with van der Waals surface area (Å²) in [6, 6.07) is 1.61. The van der Waals surface area contributed by atoms with Crippen LogP contribution in [0.4, 0.5) is 0 Å². The van der Waals surface area contributed by atoms with Gasteiger partial charge in [0, 0.05) is 37.8 Å². The van der Waals surface area contributed by atoms with Gasteiger partial charge in [0.1, 0.15) is 12.5 Å². The van der Waals surface area contributed by atoms with Gasteiger partial charge in [-0.2, -0.15) is 0 Å². The molecule has 5 unspecified atom stereocenters. The van der Waals surface area contributed by atoms with Crippen molar-refractivity contribution in [3.63, 3.8) is 0 Å². The Balaban J connectivity index is 1.57. The molecule has 4 rings (SSSR count). The third kappa shape index (κ3) is 5.47. The maximum atomic E-state index is 5.68. The van der Waals surface area contributed by atoms with Gasteiger partial charge in [-0.25, -0.2) is 5.43 Å². The van der Waals surface area contributed by atoms with Gasteiger partial charge in [-0.15, -0.1) is 0 Å². The van der Waals surface area contributed by atoms with E-state index in [4.69, 9.17) is 4.74 Å². The van der Waals surface area contributed by atoms with E-state index >= 15 is 0 Å². The fraction of sp³-hybridized carbons (Fsp3) is 0.826. The van der Waals surface area contributed by atoms with Crippen LogP contribution in [0.1, 0.15) is 47.5 Å². The molecule has 1 saturated heterocycles. The molecule has 9 heteroatoms. The molecule has 0 aromatic carbocycles. The van der Waals surface area contributed by atoms with Crippen LogP contribution in [0.15, 0.2) is 23.5 Å². The second kappa shape index (κ2) is 10.8. The highest BCUT2D eigenvalue weighted by atomic mass is 16.5. The minimum absolute atomic E-state index is 0.0404. The summed E-state index contributed by atoms with van der Waals surface area (Å²) >= 11 is 0. The molecule has 1 fully saturated rings. The third-order valence-corrected chi connectivity index (χ3v) is 6.77. The molecule has 0 aromatic heterocycles. The van der Waals surface area contributed by atoms with E-state index in [2.05, 4.69) is 88.7 Å². The van der Waals surface area contributed by atoms with Gasteiger partial charge in [0.25, 0.3) is 0 Å². The van der Waals surface area contributed by atoms with Crippen LogP contribution >= 0.6 is 0 Å². The molecule has 9 nitrogen and oxygen atoms in total. The van der Waals surface area contributed by atoms with Crippen molar-refractivity contribution in [2.75, 3.05) is 32.8 Å². The maximum Gasteiger partial charge on any atom is 0.136 e. The molecule has 4 aliphatic heterocycles. The van der Waals surface area contributed by atoms with Crippen molar-refractivity contribution in [1.29, 1.82) is 0 Å². The quantitative estimate of drug-likeness (QED) is 0.230. The van der Waals surface area contributed by atoms with E-state index in [0.717, 1.165) is 39.1 Å². The molecular formula is C23H44N8O. The molecule has 0 amide bonds. The van der Waals surface area contributed by atoms with Gasteiger partial charge < -0.3 is 20.4 Å². The number of ether oxygens (including phenoxy) is 1. The van der Waals surface area contributed by atoms with Gasteiger partial charge in [0.05, 0.1) is 36.8 Å². The van der Waals surface area contributed by atoms with Crippen molar-refractivity contribution < 1.29 is 4.74 Å². The Morgan fingerprint density at radius 2 is 1.88 bits per heavy atom. The Morgan fingerprint density at radius 3 is 2.56 bits per heavy atom. The topological polar surface area (TPSA) is 87.9 Å². The molecule has 0 spiro atoms. The van der Waals surface area contributed by atoms with Gasteiger partial charge in [0.15, 0.2) is 0 Å². The van der Waals surface area contributed by atoms with Crippen molar-refractivity contribution in [2.24, 2.45) is 0 Å². The summed E-state index contributed by atoms with van der Waals surface area (Å²) in [6.07, 6.45) is 6.90. The lowest BCUT2D eigenvalue weighted by molar-refractivity contribution is 0.0628. The number of piperazine rings is 1.